The van der Waals surface area contributed by atoms with E-state index >= 15 is 0 Å². The van der Waals surface area contributed by atoms with E-state index in [1.165, 1.54) is 6.07 Å². The largest absolute Gasteiger partial charge is 0.378 e. The number of amides is 1. The first-order chi connectivity index (χ1) is 16.9. The molecule has 0 unspecified atom stereocenters. The zero-order valence-electron chi connectivity index (χ0n) is 20.2. The number of rotatable bonds is 8. The van der Waals surface area contributed by atoms with Gasteiger partial charge >= 0.3 is 0 Å². The smallest absolute Gasteiger partial charge is 0.257 e. The number of carbonyl (C=O) groups excluding carboxylic acids is 1. The Morgan fingerprint density at radius 2 is 1.77 bits per heavy atom. The number of carbonyl (C=O) groups is 1. The van der Waals surface area contributed by atoms with Crippen molar-refractivity contribution in [1.82, 2.24) is 9.88 Å². The van der Waals surface area contributed by atoms with Crippen molar-refractivity contribution in [3.63, 3.8) is 0 Å². The number of methoxy groups -OCH3 is 1. The molecule has 0 radical (unpaired) electrons. The average Bonchev–Trinajstić information content (AvgIpc) is 2.84. The first-order valence-corrected chi connectivity index (χ1v) is 12.0. The fraction of sp³-hybridized carbons (Fsp3) is 0.241. The molecule has 1 heterocycles. The summed E-state index contributed by atoms with van der Waals surface area (Å²) in [6, 6.07) is 23.0. The van der Waals surface area contributed by atoms with E-state index in [4.69, 9.17) is 16.3 Å². The summed E-state index contributed by atoms with van der Waals surface area (Å²) in [6.45, 7) is 4.51. The van der Waals surface area contributed by atoms with E-state index < -0.39 is 5.91 Å². The van der Waals surface area contributed by atoms with Crippen LogP contribution in [0.25, 0.3) is 10.8 Å². The number of nitrogens with one attached hydrogen (secondary N) is 1. The Kier molecular flexibility index (Phi) is 7.69. The van der Waals surface area contributed by atoms with Crippen molar-refractivity contribution in [2.24, 2.45) is 0 Å². The zero-order chi connectivity index (χ0) is 24.9. The molecule has 0 aliphatic rings. The molecule has 1 aromatic heterocycles. The Balaban J connectivity index is 1.67. The molecule has 0 fully saturated rings. The van der Waals surface area contributed by atoms with E-state index in [0.717, 1.165) is 27.6 Å². The van der Waals surface area contributed by atoms with E-state index in [2.05, 4.69) is 5.32 Å². The van der Waals surface area contributed by atoms with Crippen molar-refractivity contribution in [3.05, 3.63) is 116 Å². The van der Waals surface area contributed by atoms with E-state index in [0.29, 0.717) is 23.7 Å². The van der Waals surface area contributed by atoms with Gasteiger partial charge in [-0.15, -0.1) is 0 Å². The van der Waals surface area contributed by atoms with Gasteiger partial charge < -0.3 is 14.6 Å². The molecule has 180 valence electrons. The van der Waals surface area contributed by atoms with Crippen LogP contribution in [0.3, 0.4) is 0 Å². The predicted molar refractivity (Wildman–Crippen MR) is 141 cm³/mol. The molecule has 5 nitrogen and oxygen atoms in total. The van der Waals surface area contributed by atoms with Gasteiger partial charge in [0, 0.05) is 30.4 Å². The van der Waals surface area contributed by atoms with Gasteiger partial charge in [0.25, 0.3) is 5.91 Å². The van der Waals surface area contributed by atoms with Crippen molar-refractivity contribution in [2.75, 3.05) is 7.11 Å². The third-order valence-corrected chi connectivity index (χ3v) is 6.70. The molecule has 4 rings (SSSR count). The van der Waals surface area contributed by atoms with Crippen LogP contribution in [0.1, 0.15) is 45.8 Å². The lowest BCUT2D eigenvalue weighted by Gasteiger charge is -2.22. The number of fused-ring (bicyclic) bond motifs is 1. The first-order valence-electron chi connectivity index (χ1n) is 11.6. The molecule has 3 aromatic carbocycles. The normalized spacial score (nSPS) is 12.0. The predicted octanol–water partition coefficient (Wildman–Crippen LogP) is 5.84. The third kappa shape index (κ3) is 5.31. The molecule has 6 heteroatoms. The number of benzene rings is 3. The summed E-state index contributed by atoms with van der Waals surface area (Å²) in [5.74, 6) is -0.408. The van der Waals surface area contributed by atoms with Gasteiger partial charge in [-0.3, -0.25) is 9.59 Å². The van der Waals surface area contributed by atoms with Crippen molar-refractivity contribution in [3.8, 4) is 0 Å². The molecule has 1 atom stereocenters. The second-order valence-corrected chi connectivity index (χ2v) is 9.07. The number of aryl methyl sites for hydroxylation is 2. The first kappa shape index (κ1) is 24.7. The van der Waals surface area contributed by atoms with Gasteiger partial charge in [-0.2, -0.15) is 0 Å². The molecule has 1 amide bonds. The van der Waals surface area contributed by atoms with Gasteiger partial charge in [0.2, 0.25) is 0 Å². The summed E-state index contributed by atoms with van der Waals surface area (Å²) in [4.78, 5) is 26.5. The molecule has 1 N–H and O–H groups in total. The SMILES string of the molecule is COCc1c(C(=O)N[C@@H](C)c2cccc3ccccc23)c(=O)cc(C)n1CCc1ccccc1Cl. The van der Waals surface area contributed by atoms with Crippen LogP contribution >= 0.6 is 11.6 Å². The van der Waals surface area contributed by atoms with Gasteiger partial charge in [-0.1, -0.05) is 72.3 Å². The van der Waals surface area contributed by atoms with Gasteiger partial charge in [0.15, 0.2) is 5.43 Å². The van der Waals surface area contributed by atoms with E-state index in [9.17, 15) is 9.59 Å². The summed E-state index contributed by atoms with van der Waals surface area (Å²) in [6.07, 6.45) is 0.660. The molecule has 0 saturated heterocycles. The molecule has 0 saturated carbocycles. The Hall–Kier alpha value is -3.41. The van der Waals surface area contributed by atoms with Crippen LogP contribution in [0.15, 0.2) is 77.6 Å². The molecular weight excluding hydrogens is 460 g/mol. The number of ether oxygens (including phenoxy) is 1. The molecule has 0 bridgehead atoms. The van der Waals surface area contributed by atoms with Gasteiger partial charge in [-0.05, 0) is 48.2 Å². The highest BCUT2D eigenvalue weighted by Crippen LogP contribution is 2.25. The summed E-state index contributed by atoms with van der Waals surface area (Å²) in [7, 11) is 1.56. The number of nitrogens with zero attached hydrogens (tertiary/aromatic N) is 1. The fourth-order valence-corrected chi connectivity index (χ4v) is 4.81. The highest BCUT2D eigenvalue weighted by Gasteiger charge is 2.22. The summed E-state index contributed by atoms with van der Waals surface area (Å²) in [5.41, 5.74) is 3.14. The topological polar surface area (TPSA) is 60.3 Å². The molecule has 4 aromatic rings. The summed E-state index contributed by atoms with van der Waals surface area (Å²) in [5, 5.41) is 5.91. The monoisotopic (exact) mass is 488 g/mol. The van der Waals surface area contributed by atoms with Crippen LogP contribution in [0.4, 0.5) is 0 Å². The van der Waals surface area contributed by atoms with Crippen molar-refractivity contribution in [2.45, 2.75) is 39.5 Å². The Morgan fingerprint density at radius 3 is 2.54 bits per heavy atom. The Labute approximate surface area is 210 Å². The van der Waals surface area contributed by atoms with Crippen molar-refractivity contribution >= 4 is 28.3 Å². The summed E-state index contributed by atoms with van der Waals surface area (Å²) < 4.78 is 7.40. The zero-order valence-corrected chi connectivity index (χ0v) is 20.9. The minimum absolute atomic E-state index is 0.115. The number of halogens is 1. The standard InChI is InChI=1S/C29H29ClN2O3/c1-19-17-27(33)28(26(18-35-3)32(19)16-15-22-10-5-7-14-25(22)30)29(34)31-20(2)23-13-8-11-21-9-4-6-12-24(21)23/h4-14,17,20H,15-16,18H2,1-3H3,(H,31,34)/t20-/m0/s1. The fourth-order valence-electron chi connectivity index (χ4n) is 4.58. The highest BCUT2D eigenvalue weighted by atomic mass is 35.5. The van der Waals surface area contributed by atoms with Gasteiger partial charge in [0.1, 0.15) is 5.56 Å². The van der Waals surface area contributed by atoms with Gasteiger partial charge in [0.05, 0.1) is 18.3 Å². The van der Waals surface area contributed by atoms with Crippen LogP contribution in [0, 0.1) is 6.92 Å². The van der Waals surface area contributed by atoms with Crippen LogP contribution in [-0.2, 0) is 24.3 Å². The Morgan fingerprint density at radius 1 is 1.06 bits per heavy atom. The highest BCUT2D eigenvalue weighted by molar-refractivity contribution is 6.31. The van der Waals surface area contributed by atoms with Crippen LogP contribution in [0.2, 0.25) is 5.02 Å². The quantitative estimate of drug-likeness (QED) is 0.339. The second kappa shape index (κ2) is 10.9. The maximum atomic E-state index is 13.5. The Bertz CT molecular complexity index is 1420. The van der Waals surface area contributed by atoms with E-state index in [1.54, 1.807) is 7.11 Å². The number of hydrogen-bond donors (Lipinski definition) is 1. The lowest BCUT2D eigenvalue weighted by Crippen LogP contribution is -2.34. The van der Waals surface area contributed by atoms with Crippen molar-refractivity contribution < 1.29 is 9.53 Å². The van der Waals surface area contributed by atoms with E-state index in [-0.39, 0.29) is 23.6 Å². The third-order valence-electron chi connectivity index (χ3n) is 6.33. The molecule has 0 aliphatic carbocycles. The van der Waals surface area contributed by atoms with Crippen molar-refractivity contribution in [1.29, 1.82) is 0 Å². The number of hydrogen-bond acceptors (Lipinski definition) is 3. The lowest BCUT2D eigenvalue weighted by atomic mass is 9.99. The lowest BCUT2D eigenvalue weighted by molar-refractivity contribution is 0.0931. The second-order valence-electron chi connectivity index (χ2n) is 8.66. The van der Waals surface area contributed by atoms with Crippen LogP contribution in [-0.4, -0.2) is 17.6 Å². The van der Waals surface area contributed by atoms with Crippen LogP contribution < -0.4 is 10.7 Å². The number of pyridine rings is 1. The molecular formula is C29H29ClN2O3. The van der Waals surface area contributed by atoms with Crippen LogP contribution in [0.5, 0.6) is 0 Å². The maximum absolute atomic E-state index is 13.5. The minimum atomic E-state index is -0.408. The number of aromatic nitrogens is 1. The average molecular weight is 489 g/mol. The van der Waals surface area contributed by atoms with Gasteiger partial charge in [-0.25, -0.2) is 0 Å². The maximum Gasteiger partial charge on any atom is 0.257 e. The molecule has 0 aliphatic heterocycles. The molecule has 0 spiro atoms. The summed E-state index contributed by atoms with van der Waals surface area (Å²) >= 11 is 6.35. The van der Waals surface area contributed by atoms with E-state index in [1.807, 2.05) is 85.1 Å². The minimum Gasteiger partial charge on any atom is -0.378 e. The molecule has 35 heavy (non-hydrogen) atoms.